The van der Waals surface area contributed by atoms with Crippen LogP contribution in [-0.4, -0.2) is 31.1 Å². The average Bonchev–Trinajstić information content (AvgIpc) is 2.83. The molecule has 2 N–H and O–H groups in total. The molecule has 0 saturated heterocycles. The third-order valence-electron chi connectivity index (χ3n) is 4.44. The summed E-state index contributed by atoms with van der Waals surface area (Å²) in [6.45, 7) is 1.64. The van der Waals surface area contributed by atoms with E-state index >= 15 is 0 Å². The lowest BCUT2D eigenvalue weighted by molar-refractivity contribution is -0.119. The summed E-state index contributed by atoms with van der Waals surface area (Å²) in [7, 11) is 0. The van der Waals surface area contributed by atoms with E-state index in [4.69, 9.17) is 21.1 Å². The maximum atomic E-state index is 12.6. The van der Waals surface area contributed by atoms with Gasteiger partial charge < -0.3 is 20.1 Å². The lowest BCUT2D eigenvalue weighted by Gasteiger charge is -2.12. The van der Waals surface area contributed by atoms with Crippen LogP contribution < -0.4 is 10.6 Å². The molecule has 0 radical (unpaired) electrons. The molecular formula is C25H23ClN2O5. The van der Waals surface area contributed by atoms with E-state index in [2.05, 4.69) is 10.6 Å². The van der Waals surface area contributed by atoms with Crippen molar-refractivity contribution in [1.82, 2.24) is 0 Å². The summed E-state index contributed by atoms with van der Waals surface area (Å²) in [5.41, 5.74) is 2.13. The fourth-order valence-corrected chi connectivity index (χ4v) is 3.08. The van der Waals surface area contributed by atoms with Gasteiger partial charge in [0.2, 0.25) is 0 Å². The van der Waals surface area contributed by atoms with Crippen molar-refractivity contribution in [3.05, 3.63) is 88.9 Å². The van der Waals surface area contributed by atoms with Crippen LogP contribution in [0.4, 0.5) is 17.1 Å². The number of carbonyl (C=O) groups excluding carboxylic acids is 3. The first-order valence-corrected chi connectivity index (χ1v) is 10.7. The Kier molecular flexibility index (Phi) is 8.43. The molecule has 8 heteroatoms. The highest BCUT2D eigenvalue weighted by molar-refractivity contribution is 6.33. The number of amides is 1. The normalized spacial score (nSPS) is 10.2. The highest BCUT2D eigenvalue weighted by Gasteiger charge is 2.16. The molecule has 0 saturated carbocycles. The molecule has 0 aliphatic rings. The number of nitrogens with one attached hydrogen (secondary N) is 2. The van der Waals surface area contributed by atoms with Crippen molar-refractivity contribution >= 4 is 46.5 Å². The highest BCUT2D eigenvalue weighted by atomic mass is 35.5. The summed E-state index contributed by atoms with van der Waals surface area (Å²) in [5, 5.41) is 5.95. The van der Waals surface area contributed by atoms with Gasteiger partial charge in [0, 0.05) is 11.4 Å². The molecule has 3 rings (SSSR count). The topological polar surface area (TPSA) is 93.7 Å². The first-order valence-electron chi connectivity index (χ1n) is 10.3. The number of hydrogen-bond acceptors (Lipinski definition) is 6. The van der Waals surface area contributed by atoms with E-state index in [1.807, 2.05) is 37.3 Å². The molecular weight excluding hydrogens is 444 g/mol. The number of halogens is 1. The average molecular weight is 467 g/mol. The van der Waals surface area contributed by atoms with Gasteiger partial charge in [-0.3, -0.25) is 4.79 Å². The van der Waals surface area contributed by atoms with Crippen molar-refractivity contribution in [2.45, 2.75) is 13.3 Å². The fourth-order valence-electron chi connectivity index (χ4n) is 2.88. The Labute approximate surface area is 196 Å². The summed E-state index contributed by atoms with van der Waals surface area (Å²) < 4.78 is 10.3. The predicted octanol–water partition coefficient (Wildman–Crippen LogP) is 5.45. The Bertz CT molecular complexity index is 1130. The van der Waals surface area contributed by atoms with Crippen molar-refractivity contribution in [3.8, 4) is 0 Å². The van der Waals surface area contributed by atoms with Crippen LogP contribution in [0.2, 0.25) is 5.02 Å². The van der Waals surface area contributed by atoms with Gasteiger partial charge in [0.25, 0.3) is 5.91 Å². The molecule has 0 atom stereocenters. The number of esters is 2. The van der Waals surface area contributed by atoms with Gasteiger partial charge in [-0.15, -0.1) is 0 Å². The van der Waals surface area contributed by atoms with E-state index in [1.165, 1.54) is 18.2 Å². The monoisotopic (exact) mass is 466 g/mol. The smallest absolute Gasteiger partial charge is 0.340 e. The second kappa shape index (κ2) is 11.7. The zero-order chi connectivity index (χ0) is 23.6. The maximum absolute atomic E-state index is 12.6. The van der Waals surface area contributed by atoms with Gasteiger partial charge in [-0.2, -0.15) is 0 Å². The van der Waals surface area contributed by atoms with Crippen molar-refractivity contribution in [3.63, 3.8) is 0 Å². The van der Waals surface area contributed by atoms with Crippen LogP contribution in [0, 0.1) is 0 Å². The molecule has 3 aromatic carbocycles. The van der Waals surface area contributed by atoms with Gasteiger partial charge in [-0.05, 0) is 48.9 Å². The van der Waals surface area contributed by atoms with E-state index in [0.717, 1.165) is 5.69 Å². The SMILES string of the molecule is CCCOC(=O)c1cc(NC(=O)COC(=O)c2ccccc2Nc2ccccc2)ccc1Cl. The minimum atomic E-state index is -0.649. The van der Waals surface area contributed by atoms with Crippen LogP contribution in [0.15, 0.2) is 72.8 Å². The maximum Gasteiger partial charge on any atom is 0.340 e. The summed E-state index contributed by atoms with van der Waals surface area (Å²) >= 11 is 6.06. The zero-order valence-corrected chi connectivity index (χ0v) is 18.7. The molecule has 0 bridgehead atoms. The Balaban J connectivity index is 1.61. The lowest BCUT2D eigenvalue weighted by atomic mass is 10.1. The highest BCUT2D eigenvalue weighted by Crippen LogP contribution is 2.23. The first kappa shape index (κ1) is 23.8. The van der Waals surface area contributed by atoms with E-state index in [-0.39, 0.29) is 17.2 Å². The molecule has 0 fully saturated rings. The quantitative estimate of drug-likeness (QED) is 0.407. The van der Waals surface area contributed by atoms with Crippen molar-refractivity contribution in [1.29, 1.82) is 0 Å². The Morgan fingerprint density at radius 3 is 2.27 bits per heavy atom. The van der Waals surface area contributed by atoms with Gasteiger partial charge >= 0.3 is 11.9 Å². The predicted molar refractivity (Wildman–Crippen MR) is 127 cm³/mol. The van der Waals surface area contributed by atoms with Crippen molar-refractivity contribution in [2.75, 3.05) is 23.8 Å². The number of anilines is 3. The molecule has 170 valence electrons. The Morgan fingerprint density at radius 2 is 1.52 bits per heavy atom. The number of hydrogen-bond donors (Lipinski definition) is 2. The molecule has 7 nitrogen and oxygen atoms in total. The number of rotatable bonds is 9. The first-order chi connectivity index (χ1) is 16.0. The lowest BCUT2D eigenvalue weighted by Crippen LogP contribution is -2.21. The largest absolute Gasteiger partial charge is 0.462 e. The number of carbonyl (C=O) groups is 3. The van der Waals surface area contributed by atoms with Gasteiger partial charge in [0.05, 0.1) is 28.4 Å². The Hall–Kier alpha value is -3.84. The van der Waals surface area contributed by atoms with Crippen LogP contribution in [0.1, 0.15) is 34.1 Å². The second-order valence-electron chi connectivity index (χ2n) is 6.99. The van der Waals surface area contributed by atoms with Crippen LogP contribution in [0.5, 0.6) is 0 Å². The molecule has 0 unspecified atom stereocenters. The molecule has 0 aliphatic carbocycles. The number of ether oxygens (including phenoxy) is 2. The standard InChI is InChI=1S/C25H23ClN2O5/c1-2-14-32-25(31)20-15-18(12-13-21(20)26)28-23(29)16-33-24(30)19-10-6-7-11-22(19)27-17-8-4-3-5-9-17/h3-13,15,27H,2,14,16H2,1H3,(H,28,29). The minimum Gasteiger partial charge on any atom is -0.462 e. The van der Waals surface area contributed by atoms with Crippen LogP contribution in [-0.2, 0) is 14.3 Å². The fraction of sp³-hybridized carbons (Fsp3) is 0.160. The van der Waals surface area contributed by atoms with Crippen LogP contribution in [0.3, 0.4) is 0 Å². The number of benzene rings is 3. The van der Waals surface area contributed by atoms with Crippen LogP contribution >= 0.6 is 11.6 Å². The van der Waals surface area contributed by atoms with E-state index < -0.39 is 24.5 Å². The summed E-state index contributed by atoms with van der Waals surface area (Å²) in [6, 6.07) is 20.7. The number of para-hydroxylation sites is 2. The molecule has 33 heavy (non-hydrogen) atoms. The second-order valence-corrected chi connectivity index (χ2v) is 7.40. The molecule has 3 aromatic rings. The summed E-state index contributed by atoms with van der Waals surface area (Å²) in [4.78, 5) is 37.0. The van der Waals surface area contributed by atoms with Gasteiger partial charge in [0.1, 0.15) is 0 Å². The van der Waals surface area contributed by atoms with Gasteiger partial charge in [-0.1, -0.05) is 48.9 Å². The van der Waals surface area contributed by atoms with Crippen molar-refractivity contribution < 1.29 is 23.9 Å². The van der Waals surface area contributed by atoms with Gasteiger partial charge in [-0.25, -0.2) is 9.59 Å². The third kappa shape index (κ3) is 6.82. The zero-order valence-electron chi connectivity index (χ0n) is 18.0. The minimum absolute atomic E-state index is 0.140. The molecule has 0 heterocycles. The molecule has 1 amide bonds. The summed E-state index contributed by atoms with van der Waals surface area (Å²) in [6.07, 6.45) is 0.676. The third-order valence-corrected chi connectivity index (χ3v) is 4.77. The van der Waals surface area contributed by atoms with E-state index in [1.54, 1.807) is 24.3 Å². The van der Waals surface area contributed by atoms with E-state index in [0.29, 0.717) is 23.4 Å². The summed E-state index contributed by atoms with van der Waals surface area (Å²) in [5.74, 6) is -1.79. The molecule has 0 aliphatic heterocycles. The molecule has 0 spiro atoms. The van der Waals surface area contributed by atoms with E-state index in [9.17, 15) is 14.4 Å². The Morgan fingerprint density at radius 1 is 0.818 bits per heavy atom. The molecule has 0 aromatic heterocycles. The van der Waals surface area contributed by atoms with Crippen LogP contribution in [0.25, 0.3) is 0 Å². The van der Waals surface area contributed by atoms with Crippen molar-refractivity contribution in [2.24, 2.45) is 0 Å². The van der Waals surface area contributed by atoms with Gasteiger partial charge in [0.15, 0.2) is 6.61 Å².